The predicted octanol–water partition coefficient (Wildman–Crippen LogP) is 1.97. The van der Waals surface area contributed by atoms with E-state index in [1.54, 1.807) is 0 Å². The van der Waals surface area contributed by atoms with Gasteiger partial charge < -0.3 is 15.1 Å². The topological polar surface area (TPSA) is 96.8 Å². The average Bonchev–Trinajstić information content (AvgIpc) is 3.17. The number of halogens is 1. The molecule has 0 unspecified atom stereocenters. The zero-order valence-corrected chi connectivity index (χ0v) is 14.7. The number of nitrogens with one attached hydrogen (secondary N) is 2. The van der Waals surface area contributed by atoms with Gasteiger partial charge in [0.05, 0.1) is 10.7 Å². The molecule has 0 bridgehead atoms. The van der Waals surface area contributed by atoms with Crippen molar-refractivity contribution in [2.75, 3.05) is 42.9 Å². The van der Waals surface area contributed by atoms with E-state index in [0.29, 0.717) is 5.02 Å². The highest BCUT2D eigenvalue weighted by atomic mass is 35.5. The average molecular weight is 359 g/mol. The SMILES string of the molecule is CCN1CCN(c2ccc(NC=C(C#N)c3nn[nH]n3)cc2Cl)CC1. The second-order valence-corrected chi connectivity index (χ2v) is 6.04. The molecule has 8 nitrogen and oxygen atoms in total. The van der Waals surface area contributed by atoms with Crippen LogP contribution in [0.5, 0.6) is 0 Å². The number of benzene rings is 1. The van der Waals surface area contributed by atoms with Gasteiger partial charge in [0.2, 0.25) is 5.82 Å². The summed E-state index contributed by atoms with van der Waals surface area (Å²) >= 11 is 6.46. The Morgan fingerprint density at radius 2 is 2.20 bits per heavy atom. The summed E-state index contributed by atoms with van der Waals surface area (Å²) in [6.07, 6.45) is 1.54. The van der Waals surface area contributed by atoms with Crippen molar-refractivity contribution < 1.29 is 0 Å². The second-order valence-electron chi connectivity index (χ2n) is 5.64. The molecule has 0 aliphatic carbocycles. The van der Waals surface area contributed by atoms with Crippen LogP contribution in [0.25, 0.3) is 5.57 Å². The minimum absolute atomic E-state index is 0.242. The minimum atomic E-state index is 0.242. The van der Waals surface area contributed by atoms with Gasteiger partial charge in [-0.3, -0.25) is 0 Å². The number of hydrogen-bond donors (Lipinski definition) is 2. The highest BCUT2D eigenvalue weighted by Crippen LogP contribution is 2.29. The molecule has 1 saturated heterocycles. The van der Waals surface area contributed by atoms with Gasteiger partial charge in [-0.15, -0.1) is 10.2 Å². The van der Waals surface area contributed by atoms with Crippen LogP contribution in [-0.2, 0) is 0 Å². The number of aromatic amines is 1. The van der Waals surface area contributed by atoms with Crippen LogP contribution in [0.4, 0.5) is 11.4 Å². The molecule has 1 aromatic heterocycles. The van der Waals surface area contributed by atoms with E-state index in [2.05, 4.69) is 42.7 Å². The van der Waals surface area contributed by atoms with Crippen LogP contribution < -0.4 is 10.2 Å². The number of allylic oxidation sites excluding steroid dienone is 1. The maximum atomic E-state index is 9.17. The third-order valence-electron chi connectivity index (χ3n) is 4.20. The lowest BCUT2D eigenvalue weighted by Gasteiger charge is -2.36. The largest absolute Gasteiger partial charge is 0.368 e. The van der Waals surface area contributed by atoms with E-state index in [9.17, 15) is 0 Å². The van der Waals surface area contributed by atoms with E-state index in [4.69, 9.17) is 16.9 Å². The molecular weight excluding hydrogens is 340 g/mol. The van der Waals surface area contributed by atoms with Gasteiger partial charge in [0.15, 0.2) is 0 Å². The monoisotopic (exact) mass is 358 g/mol. The summed E-state index contributed by atoms with van der Waals surface area (Å²) in [5, 5.41) is 26.3. The fourth-order valence-corrected chi connectivity index (χ4v) is 3.04. The molecule has 3 rings (SSSR count). The fourth-order valence-electron chi connectivity index (χ4n) is 2.74. The Kier molecular flexibility index (Phi) is 5.48. The number of aromatic nitrogens is 4. The first-order valence-electron chi connectivity index (χ1n) is 8.08. The molecule has 1 fully saturated rings. The Bertz CT molecular complexity index is 772. The lowest BCUT2D eigenvalue weighted by Crippen LogP contribution is -2.46. The van der Waals surface area contributed by atoms with E-state index in [-0.39, 0.29) is 11.4 Å². The van der Waals surface area contributed by atoms with E-state index in [1.165, 1.54) is 6.20 Å². The molecule has 0 saturated carbocycles. The quantitative estimate of drug-likeness (QED) is 0.788. The number of anilines is 2. The van der Waals surface area contributed by atoms with Gasteiger partial charge in [-0.05, 0) is 30.0 Å². The van der Waals surface area contributed by atoms with Gasteiger partial charge >= 0.3 is 0 Å². The van der Waals surface area contributed by atoms with E-state index >= 15 is 0 Å². The maximum absolute atomic E-state index is 9.17. The molecule has 2 N–H and O–H groups in total. The molecule has 2 heterocycles. The first-order chi connectivity index (χ1) is 12.2. The van der Waals surface area contributed by atoms with Crippen molar-refractivity contribution in [3.63, 3.8) is 0 Å². The minimum Gasteiger partial charge on any atom is -0.368 e. The number of nitrogens with zero attached hydrogens (tertiary/aromatic N) is 6. The van der Waals surface area contributed by atoms with Crippen LogP contribution in [-0.4, -0.2) is 58.2 Å². The number of H-pyrrole nitrogens is 1. The van der Waals surface area contributed by atoms with Crippen LogP contribution in [0.1, 0.15) is 12.7 Å². The summed E-state index contributed by atoms with van der Waals surface area (Å²) < 4.78 is 0. The number of tetrazole rings is 1. The van der Waals surface area contributed by atoms with Crippen LogP contribution in [0.15, 0.2) is 24.4 Å². The zero-order valence-electron chi connectivity index (χ0n) is 13.9. The molecule has 0 amide bonds. The highest BCUT2D eigenvalue weighted by Gasteiger charge is 2.17. The smallest absolute Gasteiger partial charge is 0.216 e. The number of hydrogen-bond acceptors (Lipinski definition) is 7. The summed E-state index contributed by atoms with van der Waals surface area (Å²) in [7, 11) is 0. The van der Waals surface area contributed by atoms with Crippen molar-refractivity contribution in [1.29, 1.82) is 5.26 Å². The van der Waals surface area contributed by atoms with E-state index < -0.39 is 0 Å². The molecule has 25 heavy (non-hydrogen) atoms. The molecule has 1 aliphatic rings. The van der Waals surface area contributed by atoms with E-state index in [1.807, 2.05) is 24.3 Å². The second kappa shape index (κ2) is 7.96. The van der Waals surface area contributed by atoms with Crippen molar-refractivity contribution >= 4 is 28.5 Å². The Labute approximate surface area is 151 Å². The molecule has 2 aromatic rings. The Balaban J connectivity index is 1.69. The maximum Gasteiger partial charge on any atom is 0.216 e. The molecule has 1 aromatic carbocycles. The standard InChI is InChI=1S/C16H19ClN8/c1-2-24-5-7-25(8-6-24)15-4-3-13(9-14(15)17)19-11-12(10-18)16-20-22-23-21-16/h3-4,9,11,19H,2,5-8H2,1H3,(H,20,21,22,23). The van der Waals surface area contributed by atoms with Gasteiger partial charge in [-0.25, -0.2) is 0 Å². The third-order valence-corrected chi connectivity index (χ3v) is 4.50. The number of likely N-dealkylation sites (N-methyl/N-ethyl adjacent to an activating group) is 1. The molecule has 0 atom stereocenters. The Morgan fingerprint density at radius 3 is 2.80 bits per heavy atom. The molecular formula is C16H19ClN8. The summed E-state index contributed by atoms with van der Waals surface area (Å²) in [6, 6.07) is 7.82. The van der Waals surface area contributed by atoms with Crippen molar-refractivity contribution in [2.24, 2.45) is 0 Å². The van der Waals surface area contributed by atoms with Crippen LogP contribution in [0, 0.1) is 11.3 Å². The lowest BCUT2D eigenvalue weighted by molar-refractivity contribution is 0.271. The number of rotatable bonds is 5. The van der Waals surface area contributed by atoms with Crippen LogP contribution >= 0.6 is 11.6 Å². The highest BCUT2D eigenvalue weighted by molar-refractivity contribution is 6.33. The first kappa shape index (κ1) is 17.2. The van der Waals surface area contributed by atoms with Gasteiger partial charge in [-0.1, -0.05) is 18.5 Å². The van der Waals surface area contributed by atoms with Crippen LogP contribution in [0.2, 0.25) is 5.02 Å². The molecule has 0 spiro atoms. The van der Waals surface area contributed by atoms with E-state index in [0.717, 1.165) is 44.1 Å². The summed E-state index contributed by atoms with van der Waals surface area (Å²) in [4.78, 5) is 4.72. The van der Waals surface area contributed by atoms with Crippen molar-refractivity contribution in [2.45, 2.75) is 6.92 Å². The molecule has 130 valence electrons. The van der Waals surface area contributed by atoms with Crippen molar-refractivity contribution in [3.05, 3.63) is 35.2 Å². The van der Waals surface area contributed by atoms with Crippen LogP contribution in [0.3, 0.4) is 0 Å². The fraction of sp³-hybridized carbons (Fsp3) is 0.375. The third kappa shape index (κ3) is 4.07. The summed E-state index contributed by atoms with van der Waals surface area (Å²) in [6.45, 7) is 7.30. The van der Waals surface area contributed by atoms with Gasteiger partial charge in [-0.2, -0.15) is 10.5 Å². The van der Waals surface area contributed by atoms with Crippen molar-refractivity contribution in [1.82, 2.24) is 25.5 Å². The summed E-state index contributed by atoms with van der Waals surface area (Å²) in [5.74, 6) is 0.242. The Morgan fingerprint density at radius 1 is 1.40 bits per heavy atom. The summed E-state index contributed by atoms with van der Waals surface area (Å²) in [5.41, 5.74) is 2.10. The van der Waals surface area contributed by atoms with Crippen molar-refractivity contribution in [3.8, 4) is 6.07 Å². The Hall–Kier alpha value is -2.63. The van der Waals surface area contributed by atoms with Gasteiger partial charge in [0, 0.05) is 38.1 Å². The van der Waals surface area contributed by atoms with Gasteiger partial charge in [0.1, 0.15) is 11.6 Å². The normalized spacial score (nSPS) is 15.9. The molecule has 0 radical (unpaired) electrons. The first-order valence-corrected chi connectivity index (χ1v) is 8.46. The lowest BCUT2D eigenvalue weighted by atomic mass is 10.2. The number of piperazine rings is 1. The number of nitriles is 1. The molecule has 1 aliphatic heterocycles. The molecule has 9 heteroatoms. The predicted molar refractivity (Wildman–Crippen MR) is 97.2 cm³/mol. The zero-order chi connectivity index (χ0) is 17.6. The van der Waals surface area contributed by atoms with Gasteiger partial charge in [0.25, 0.3) is 0 Å².